The number of rotatable bonds is 0. The summed E-state index contributed by atoms with van der Waals surface area (Å²) >= 11 is 2.40. The minimum atomic E-state index is -2.77. The molecule has 3 nitrogen and oxygen atoms in total. The van der Waals surface area contributed by atoms with Gasteiger partial charge in [0.05, 0.1) is 0 Å². The fraction of sp³-hybridized carbons (Fsp3) is 1.00. The van der Waals surface area contributed by atoms with Crippen molar-refractivity contribution in [2.24, 2.45) is 0 Å². The van der Waals surface area contributed by atoms with Crippen molar-refractivity contribution in [2.45, 2.75) is 19.4 Å². The second-order valence-electron chi connectivity index (χ2n) is 1.99. The zero-order chi connectivity index (χ0) is 6.91. The maximum atomic E-state index is 10.9. The fourth-order valence-electron chi connectivity index (χ4n) is 0.634. The summed E-state index contributed by atoms with van der Waals surface area (Å²) in [6, 6.07) is 0. The van der Waals surface area contributed by atoms with E-state index in [0.717, 1.165) is 6.42 Å². The summed E-state index contributed by atoms with van der Waals surface area (Å²) in [6.07, 6.45) is -1.88. The van der Waals surface area contributed by atoms with E-state index in [2.05, 4.69) is 15.1 Å². The van der Waals surface area contributed by atoms with Gasteiger partial charge < -0.3 is 0 Å². The molecule has 5 heteroatoms. The summed E-state index contributed by atoms with van der Waals surface area (Å²) in [4.78, 5) is 10.9. The molecule has 1 aliphatic rings. The van der Waals surface area contributed by atoms with Gasteiger partial charge in [-0.05, 0) is 0 Å². The van der Waals surface area contributed by atoms with Crippen LogP contribution in [0.1, 0.15) is 13.3 Å². The van der Waals surface area contributed by atoms with Gasteiger partial charge in [0.15, 0.2) is 0 Å². The van der Waals surface area contributed by atoms with E-state index in [1.165, 1.54) is 0 Å². The van der Waals surface area contributed by atoms with Crippen molar-refractivity contribution >= 4 is 21.3 Å². The predicted octanol–water partition coefficient (Wildman–Crippen LogP) is 0.0182. The van der Waals surface area contributed by atoms with Crippen molar-refractivity contribution in [2.75, 3.05) is 6.61 Å². The molecule has 0 radical (unpaired) electrons. The van der Waals surface area contributed by atoms with E-state index in [1.54, 1.807) is 0 Å². The zero-order valence-electron chi connectivity index (χ0n) is 5.07. The van der Waals surface area contributed by atoms with E-state index in [4.69, 9.17) is 9.05 Å². The number of hydrogen-bond donors (Lipinski definition) is 0. The Kier molecular flexibility index (Phi) is 2.49. The quantitative estimate of drug-likeness (QED) is 0.421. The van der Waals surface area contributed by atoms with Crippen molar-refractivity contribution in [3.8, 4) is 0 Å². The van der Waals surface area contributed by atoms with Crippen LogP contribution in [0.2, 0.25) is 0 Å². The molecule has 1 heterocycles. The predicted molar refractivity (Wildman–Crippen MR) is 33.8 cm³/mol. The van der Waals surface area contributed by atoms with Gasteiger partial charge >= 0.3 is 61.3 Å². The second kappa shape index (κ2) is 2.83. The van der Waals surface area contributed by atoms with Crippen molar-refractivity contribution in [1.29, 1.82) is 0 Å². The molecule has 9 heavy (non-hydrogen) atoms. The summed E-state index contributed by atoms with van der Waals surface area (Å²) in [6.45, 7) is 2.41. The van der Waals surface area contributed by atoms with E-state index in [9.17, 15) is 4.89 Å². The Morgan fingerprint density at radius 2 is 2.44 bits per heavy atom. The first kappa shape index (κ1) is 7.93. The molecule has 0 saturated carbocycles. The molecule has 0 aliphatic carbocycles. The molecule has 1 aliphatic heterocycles. The topological polar surface area (TPSA) is 41.5 Å². The van der Waals surface area contributed by atoms with Gasteiger partial charge in [-0.1, -0.05) is 0 Å². The Hall–Kier alpha value is 0.829. The third-order valence-corrected chi connectivity index (χ3v) is 3.40. The van der Waals surface area contributed by atoms with Crippen LogP contribution >= 0.6 is 6.19 Å². The molecule has 1 rings (SSSR count). The van der Waals surface area contributed by atoms with E-state index >= 15 is 0 Å². The number of hydrogen-bond acceptors (Lipinski definition) is 3. The molecule has 0 unspecified atom stereocenters. The van der Waals surface area contributed by atoms with Crippen molar-refractivity contribution < 1.29 is 13.9 Å². The molecule has 1 saturated heterocycles. The average molecular weight is 214 g/mol. The van der Waals surface area contributed by atoms with Crippen LogP contribution < -0.4 is 4.89 Å². The minimum absolute atomic E-state index is 0.0610. The fourth-order valence-corrected chi connectivity index (χ4v) is 2.96. The van der Waals surface area contributed by atoms with Gasteiger partial charge in [-0.3, -0.25) is 0 Å². The summed E-state index contributed by atoms with van der Waals surface area (Å²) in [5.41, 5.74) is 0. The molecule has 1 fully saturated rings. The van der Waals surface area contributed by atoms with E-state index in [1.807, 2.05) is 6.92 Å². The van der Waals surface area contributed by atoms with Crippen LogP contribution in [0.25, 0.3) is 0 Å². The van der Waals surface area contributed by atoms with Gasteiger partial charge in [0.2, 0.25) is 0 Å². The molecule has 0 aromatic heterocycles. The Morgan fingerprint density at radius 1 is 1.78 bits per heavy atom. The van der Waals surface area contributed by atoms with Crippen LogP contribution in [-0.4, -0.2) is 27.8 Å². The maximum absolute atomic E-state index is 10.9. The molecule has 0 aromatic rings. The monoisotopic (exact) mass is 215 g/mol. The van der Waals surface area contributed by atoms with E-state index in [0.29, 0.717) is 6.61 Å². The molecule has 0 spiro atoms. The molecular formula is C4H8O3PSe-. The summed E-state index contributed by atoms with van der Waals surface area (Å²) in [5.74, 6) is 0. The first-order chi connectivity index (χ1) is 4.10. The van der Waals surface area contributed by atoms with Gasteiger partial charge in [-0.25, -0.2) is 0 Å². The van der Waals surface area contributed by atoms with Crippen LogP contribution in [0.4, 0.5) is 0 Å². The van der Waals surface area contributed by atoms with Gasteiger partial charge in [0, 0.05) is 0 Å². The van der Waals surface area contributed by atoms with Crippen LogP contribution in [-0.2, 0) is 9.05 Å². The Morgan fingerprint density at radius 3 is 2.78 bits per heavy atom. The van der Waals surface area contributed by atoms with Crippen LogP contribution in [0, 0.1) is 0 Å². The van der Waals surface area contributed by atoms with Gasteiger partial charge in [0.25, 0.3) is 0 Å². The van der Waals surface area contributed by atoms with Gasteiger partial charge in [0.1, 0.15) is 0 Å². The summed E-state index contributed by atoms with van der Waals surface area (Å²) in [5, 5.41) is 0. The molecular weight excluding hydrogens is 206 g/mol. The van der Waals surface area contributed by atoms with E-state index < -0.39 is 6.19 Å². The van der Waals surface area contributed by atoms with Crippen molar-refractivity contribution in [3.63, 3.8) is 0 Å². The Labute approximate surface area is 61.8 Å². The SMILES string of the molecule is C[C@H]1CCO[P@]([O-])(=[Se])O1. The third-order valence-electron chi connectivity index (χ3n) is 1.08. The zero-order valence-corrected chi connectivity index (χ0v) is 7.68. The standard InChI is InChI=1S/C4H9O3PSe/c1-4-2-3-6-8(5,9)7-4/h4H,2-3H2,1H3,(H,5,9)/p-1/t4-,8-/m0/s1. The molecule has 0 N–H and O–H groups in total. The van der Waals surface area contributed by atoms with E-state index in [-0.39, 0.29) is 6.10 Å². The third kappa shape index (κ3) is 2.50. The van der Waals surface area contributed by atoms with Gasteiger partial charge in [-0.15, -0.1) is 0 Å². The van der Waals surface area contributed by atoms with Crippen LogP contribution in [0.3, 0.4) is 0 Å². The molecule has 54 valence electrons. The molecule has 0 aromatic carbocycles. The summed E-state index contributed by atoms with van der Waals surface area (Å²) in [7, 11) is 0. The van der Waals surface area contributed by atoms with Crippen molar-refractivity contribution in [1.82, 2.24) is 0 Å². The van der Waals surface area contributed by atoms with Crippen LogP contribution in [0.5, 0.6) is 0 Å². The van der Waals surface area contributed by atoms with Gasteiger partial charge in [-0.2, -0.15) is 0 Å². The first-order valence-corrected chi connectivity index (χ1v) is 6.50. The molecule has 0 bridgehead atoms. The molecule has 0 amide bonds. The van der Waals surface area contributed by atoms with Crippen molar-refractivity contribution in [3.05, 3.63) is 0 Å². The second-order valence-corrected chi connectivity index (χ2v) is 6.16. The average Bonchev–Trinajstić information content (AvgIpc) is 1.60. The van der Waals surface area contributed by atoms with Crippen LogP contribution in [0.15, 0.2) is 0 Å². The Balaban J connectivity index is 2.51. The molecule has 2 atom stereocenters. The Bertz CT molecular complexity index is 149. The normalized spacial score (nSPS) is 44.9. The first-order valence-electron chi connectivity index (χ1n) is 2.74. The summed E-state index contributed by atoms with van der Waals surface area (Å²) < 4.78 is 9.76.